The molecule has 1 aromatic rings. The van der Waals surface area contributed by atoms with Crippen molar-refractivity contribution in [2.75, 3.05) is 39.8 Å². The SMILES string of the molecule is CC(=O)N1CCCN(CC(=O)N(C)Cc2c(F)cccc2Cl)CC1. The van der Waals surface area contributed by atoms with Crippen LogP contribution in [0, 0.1) is 5.82 Å². The quantitative estimate of drug-likeness (QED) is 0.829. The summed E-state index contributed by atoms with van der Waals surface area (Å²) in [5.41, 5.74) is 0.327. The molecular formula is C17H23ClFN3O2. The molecule has 2 rings (SSSR count). The van der Waals surface area contributed by atoms with Crippen molar-refractivity contribution in [3.63, 3.8) is 0 Å². The normalized spacial score (nSPS) is 15.9. The molecule has 2 amide bonds. The van der Waals surface area contributed by atoms with Gasteiger partial charge in [0.1, 0.15) is 5.82 Å². The molecule has 1 heterocycles. The van der Waals surface area contributed by atoms with Gasteiger partial charge in [-0.05, 0) is 18.6 Å². The summed E-state index contributed by atoms with van der Waals surface area (Å²) in [6, 6.07) is 4.50. The first-order valence-electron chi connectivity index (χ1n) is 8.03. The number of hydrogen-bond donors (Lipinski definition) is 0. The predicted octanol–water partition coefficient (Wildman–Crippen LogP) is 1.99. The van der Waals surface area contributed by atoms with Crippen molar-refractivity contribution >= 4 is 23.4 Å². The molecule has 0 aromatic heterocycles. The van der Waals surface area contributed by atoms with Crippen LogP contribution in [0.15, 0.2) is 18.2 Å². The zero-order chi connectivity index (χ0) is 17.7. The minimum Gasteiger partial charge on any atom is -0.342 e. The van der Waals surface area contributed by atoms with Crippen LogP contribution in [0.5, 0.6) is 0 Å². The summed E-state index contributed by atoms with van der Waals surface area (Å²) in [6.45, 7) is 4.74. The van der Waals surface area contributed by atoms with Crippen LogP contribution in [0.2, 0.25) is 5.02 Å². The number of carbonyl (C=O) groups excluding carboxylic acids is 2. The smallest absolute Gasteiger partial charge is 0.236 e. The lowest BCUT2D eigenvalue weighted by Gasteiger charge is -2.24. The average Bonchev–Trinajstić information content (AvgIpc) is 2.76. The van der Waals surface area contributed by atoms with Gasteiger partial charge in [-0.25, -0.2) is 4.39 Å². The molecule has 7 heteroatoms. The largest absolute Gasteiger partial charge is 0.342 e. The third-order valence-electron chi connectivity index (χ3n) is 4.28. The highest BCUT2D eigenvalue weighted by Gasteiger charge is 2.20. The van der Waals surface area contributed by atoms with Crippen LogP contribution in [0.25, 0.3) is 0 Å². The van der Waals surface area contributed by atoms with Crippen LogP contribution in [-0.4, -0.2) is 66.3 Å². The molecule has 0 radical (unpaired) electrons. The molecule has 5 nitrogen and oxygen atoms in total. The van der Waals surface area contributed by atoms with Gasteiger partial charge in [0.2, 0.25) is 11.8 Å². The maximum absolute atomic E-state index is 13.8. The minimum absolute atomic E-state index is 0.0643. The predicted molar refractivity (Wildman–Crippen MR) is 91.2 cm³/mol. The molecule has 1 aliphatic heterocycles. The van der Waals surface area contributed by atoms with Gasteiger partial charge in [-0.2, -0.15) is 0 Å². The van der Waals surface area contributed by atoms with E-state index in [1.165, 1.54) is 11.0 Å². The van der Waals surface area contributed by atoms with Gasteiger partial charge in [-0.15, -0.1) is 0 Å². The number of nitrogens with zero attached hydrogens (tertiary/aromatic N) is 3. The number of hydrogen-bond acceptors (Lipinski definition) is 3. The zero-order valence-electron chi connectivity index (χ0n) is 14.1. The first-order valence-corrected chi connectivity index (χ1v) is 8.41. The highest BCUT2D eigenvalue weighted by molar-refractivity contribution is 6.31. The second-order valence-corrected chi connectivity index (χ2v) is 6.49. The van der Waals surface area contributed by atoms with Crippen LogP contribution >= 0.6 is 11.6 Å². The molecular weight excluding hydrogens is 333 g/mol. The Morgan fingerprint density at radius 3 is 2.67 bits per heavy atom. The Balaban J connectivity index is 1.91. The van der Waals surface area contributed by atoms with Crippen molar-refractivity contribution < 1.29 is 14.0 Å². The van der Waals surface area contributed by atoms with Crippen molar-refractivity contribution in [2.24, 2.45) is 0 Å². The molecule has 1 aliphatic rings. The number of rotatable bonds is 4. The first kappa shape index (κ1) is 18.7. The second-order valence-electron chi connectivity index (χ2n) is 6.09. The number of halogens is 2. The molecule has 1 saturated heterocycles. The number of benzene rings is 1. The summed E-state index contributed by atoms with van der Waals surface area (Å²) in [4.78, 5) is 29.2. The van der Waals surface area contributed by atoms with Gasteiger partial charge in [0, 0.05) is 57.3 Å². The van der Waals surface area contributed by atoms with E-state index in [1.54, 1.807) is 31.0 Å². The summed E-state index contributed by atoms with van der Waals surface area (Å²) >= 11 is 6.01. The number of amides is 2. The molecule has 0 atom stereocenters. The average molecular weight is 356 g/mol. The zero-order valence-corrected chi connectivity index (χ0v) is 14.9. The second kappa shape index (κ2) is 8.44. The molecule has 24 heavy (non-hydrogen) atoms. The lowest BCUT2D eigenvalue weighted by atomic mass is 10.2. The van der Waals surface area contributed by atoms with Gasteiger partial charge in [-0.3, -0.25) is 14.5 Å². The molecule has 0 N–H and O–H groups in total. The van der Waals surface area contributed by atoms with E-state index < -0.39 is 5.82 Å². The van der Waals surface area contributed by atoms with Gasteiger partial charge in [0.05, 0.1) is 6.54 Å². The maximum atomic E-state index is 13.8. The fraction of sp³-hybridized carbons (Fsp3) is 0.529. The van der Waals surface area contributed by atoms with Gasteiger partial charge in [0.25, 0.3) is 0 Å². The van der Waals surface area contributed by atoms with Crippen LogP contribution < -0.4 is 0 Å². The highest BCUT2D eigenvalue weighted by atomic mass is 35.5. The highest BCUT2D eigenvalue weighted by Crippen LogP contribution is 2.20. The summed E-state index contributed by atoms with van der Waals surface area (Å²) in [5, 5.41) is 0.321. The molecule has 0 spiro atoms. The van der Waals surface area contributed by atoms with Crippen molar-refractivity contribution in [1.29, 1.82) is 0 Å². The van der Waals surface area contributed by atoms with E-state index in [0.29, 0.717) is 23.7 Å². The maximum Gasteiger partial charge on any atom is 0.236 e. The van der Waals surface area contributed by atoms with Crippen LogP contribution in [0.4, 0.5) is 4.39 Å². The Kier molecular flexibility index (Phi) is 6.57. The monoisotopic (exact) mass is 355 g/mol. The van der Waals surface area contributed by atoms with E-state index >= 15 is 0 Å². The number of likely N-dealkylation sites (N-methyl/N-ethyl adjacent to an activating group) is 1. The van der Waals surface area contributed by atoms with E-state index in [0.717, 1.165) is 19.5 Å². The molecule has 0 bridgehead atoms. The van der Waals surface area contributed by atoms with E-state index in [2.05, 4.69) is 0 Å². The summed E-state index contributed by atoms with van der Waals surface area (Å²) in [6.07, 6.45) is 0.843. The van der Waals surface area contributed by atoms with Crippen LogP contribution in [0.1, 0.15) is 18.9 Å². The Hall–Kier alpha value is -1.66. The Bertz CT molecular complexity index is 591. The molecule has 0 aliphatic carbocycles. The van der Waals surface area contributed by atoms with Gasteiger partial charge in [-0.1, -0.05) is 17.7 Å². The number of carbonyl (C=O) groups is 2. The van der Waals surface area contributed by atoms with Gasteiger partial charge < -0.3 is 9.80 Å². The summed E-state index contributed by atoms with van der Waals surface area (Å²) < 4.78 is 13.8. The minimum atomic E-state index is -0.408. The Morgan fingerprint density at radius 2 is 2.00 bits per heavy atom. The van der Waals surface area contributed by atoms with E-state index in [9.17, 15) is 14.0 Å². The Labute approximate surface area is 147 Å². The Morgan fingerprint density at radius 1 is 1.25 bits per heavy atom. The van der Waals surface area contributed by atoms with Crippen LogP contribution in [-0.2, 0) is 16.1 Å². The van der Waals surface area contributed by atoms with Gasteiger partial charge in [0.15, 0.2) is 0 Å². The fourth-order valence-electron chi connectivity index (χ4n) is 2.76. The molecule has 0 unspecified atom stereocenters. The lowest BCUT2D eigenvalue weighted by Crippen LogP contribution is -2.40. The van der Waals surface area contributed by atoms with Crippen molar-refractivity contribution in [1.82, 2.24) is 14.7 Å². The molecule has 132 valence electrons. The third kappa shape index (κ3) is 4.92. The molecule has 1 aromatic carbocycles. The molecule has 1 fully saturated rings. The van der Waals surface area contributed by atoms with E-state index in [-0.39, 0.29) is 24.9 Å². The summed E-state index contributed by atoms with van der Waals surface area (Å²) in [7, 11) is 1.64. The van der Waals surface area contributed by atoms with E-state index in [4.69, 9.17) is 11.6 Å². The van der Waals surface area contributed by atoms with Crippen molar-refractivity contribution in [3.05, 3.63) is 34.6 Å². The van der Waals surface area contributed by atoms with Gasteiger partial charge >= 0.3 is 0 Å². The molecule has 0 saturated carbocycles. The van der Waals surface area contributed by atoms with Crippen LogP contribution in [0.3, 0.4) is 0 Å². The standard InChI is InChI=1S/C17H23ClFN3O2/c1-13(23)22-8-4-7-21(9-10-22)12-17(24)20(2)11-14-15(18)5-3-6-16(14)19/h3,5-6H,4,7-12H2,1-2H3. The third-order valence-corrected chi connectivity index (χ3v) is 4.63. The van der Waals surface area contributed by atoms with Crippen molar-refractivity contribution in [2.45, 2.75) is 19.9 Å². The summed E-state index contributed by atoms with van der Waals surface area (Å²) in [5.74, 6) is -0.436. The topological polar surface area (TPSA) is 43.9 Å². The lowest BCUT2D eigenvalue weighted by molar-refractivity contribution is -0.131. The fourth-order valence-corrected chi connectivity index (χ4v) is 2.99. The van der Waals surface area contributed by atoms with E-state index in [1.807, 2.05) is 4.90 Å². The van der Waals surface area contributed by atoms with Crippen molar-refractivity contribution in [3.8, 4) is 0 Å². The first-order chi connectivity index (χ1) is 11.4.